The molecule has 2 aromatic carbocycles. The van der Waals surface area contributed by atoms with Gasteiger partial charge in [0.15, 0.2) is 0 Å². The van der Waals surface area contributed by atoms with Gasteiger partial charge in [-0.05, 0) is 29.7 Å². The lowest BCUT2D eigenvalue weighted by Crippen LogP contribution is -2.34. The van der Waals surface area contributed by atoms with E-state index in [9.17, 15) is 0 Å². The molecule has 3 rings (SSSR count). The number of fused-ring (bicyclic) bond motifs is 1. The first-order valence-electron chi connectivity index (χ1n) is 7.24. The molecule has 1 saturated heterocycles. The fourth-order valence-electron chi connectivity index (χ4n) is 2.84. The minimum Gasteiger partial charge on any atom is -0.496 e. The van der Waals surface area contributed by atoms with Gasteiger partial charge in [0.05, 0.1) is 7.11 Å². The molecule has 0 saturated carbocycles. The first-order valence-corrected chi connectivity index (χ1v) is 7.24. The van der Waals surface area contributed by atoms with Crippen LogP contribution in [0, 0.1) is 0 Å². The number of ether oxygens (including phenoxy) is 2. The standard InChI is InChI=1S/C17H21NO2/c1-19-17-7-6-13-4-2-3-5-15(13)16(17)12-18-14-8-10-20-11-9-14/h2-7,14,18H,8-12H2,1H3. The summed E-state index contributed by atoms with van der Waals surface area (Å²) in [5.74, 6) is 0.961. The lowest BCUT2D eigenvalue weighted by Gasteiger charge is -2.24. The zero-order valence-electron chi connectivity index (χ0n) is 11.9. The minimum absolute atomic E-state index is 0.549. The van der Waals surface area contributed by atoms with Gasteiger partial charge in [0, 0.05) is 31.4 Å². The van der Waals surface area contributed by atoms with Gasteiger partial charge in [0.2, 0.25) is 0 Å². The zero-order chi connectivity index (χ0) is 13.8. The molecule has 3 nitrogen and oxygen atoms in total. The quantitative estimate of drug-likeness (QED) is 0.927. The zero-order valence-corrected chi connectivity index (χ0v) is 11.9. The Labute approximate surface area is 119 Å². The Kier molecular flexibility index (Phi) is 4.19. The largest absolute Gasteiger partial charge is 0.496 e. The Morgan fingerprint density at radius 1 is 1.15 bits per heavy atom. The van der Waals surface area contributed by atoms with Crippen LogP contribution in [0.4, 0.5) is 0 Å². The summed E-state index contributed by atoms with van der Waals surface area (Å²) in [6.45, 7) is 2.57. The van der Waals surface area contributed by atoms with Gasteiger partial charge in [-0.15, -0.1) is 0 Å². The van der Waals surface area contributed by atoms with Crippen molar-refractivity contribution < 1.29 is 9.47 Å². The third-order valence-corrected chi connectivity index (χ3v) is 4.01. The van der Waals surface area contributed by atoms with E-state index >= 15 is 0 Å². The van der Waals surface area contributed by atoms with Crippen molar-refractivity contribution in [2.45, 2.75) is 25.4 Å². The summed E-state index contributed by atoms with van der Waals surface area (Å²) >= 11 is 0. The van der Waals surface area contributed by atoms with Crippen molar-refractivity contribution in [3.63, 3.8) is 0 Å². The highest BCUT2D eigenvalue weighted by molar-refractivity contribution is 5.87. The lowest BCUT2D eigenvalue weighted by molar-refractivity contribution is 0.0776. The first-order chi connectivity index (χ1) is 9.88. The molecular weight excluding hydrogens is 250 g/mol. The van der Waals surface area contributed by atoms with Crippen LogP contribution >= 0.6 is 0 Å². The highest BCUT2D eigenvalue weighted by atomic mass is 16.5. The van der Waals surface area contributed by atoms with Gasteiger partial charge in [0.1, 0.15) is 5.75 Å². The summed E-state index contributed by atoms with van der Waals surface area (Å²) in [5, 5.41) is 6.18. The third-order valence-electron chi connectivity index (χ3n) is 4.01. The normalized spacial score (nSPS) is 16.4. The number of hydrogen-bond donors (Lipinski definition) is 1. The summed E-state index contributed by atoms with van der Waals surface area (Å²) in [7, 11) is 1.74. The molecule has 106 valence electrons. The highest BCUT2D eigenvalue weighted by Crippen LogP contribution is 2.28. The maximum Gasteiger partial charge on any atom is 0.123 e. The molecule has 0 unspecified atom stereocenters. The van der Waals surface area contributed by atoms with Crippen LogP contribution in [-0.2, 0) is 11.3 Å². The second-order valence-corrected chi connectivity index (χ2v) is 5.24. The van der Waals surface area contributed by atoms with Crippen molar-refractivity contribution >= 4 is 10.8 Å². The van der Waals surface area contributed by atoms with Crippen molar-refractivity contribution in [2.24, 2.45) is 0 Å². The predicted octanol–water partition coefficient (Wildman–Crippen LogP) is 3.12. The van der Waals surface area contributed by atoms with Gasteiger partial charge < -0.3 is 14.8 Å². The molecule has 0 amide bonds. The maximum absolute atomic E-state index is 5.53. The molecular formula is C17H21NO2. The van der Waals surface area contributed by atoms with Crippen molar-refractivity contribution in [1.82, 2.24) is 5.32 Å². The van der Waals surface area contributed by atoms with Gasteiger partial charge in [-0.1, -0.05) is 30.3 Å². The molecule has 1 aliphatic rings. The molecule has 20 heavy (non-hydrogen) atoms. The van der Waals surface area contributed by atoms with Crippen LogP contribution in [0.1, 0.15) is 18.4 Å². The van der Waals surface area contributed by atoms with E-state index in [0.29, 0.717) is 6.04 Å². The summed E-state index contributed by atoms with van der Waals surface area (Å²) < 4.78 is 10.9. The summed E-state index contributed by atoms with van der Waals surface area (Å²) in [6.07, 6.45) is 2.18. The lowest BCUT2D eigenvalue weighted by atomic mass is 10.0. The average Bonchev–Trinajstić information content (AvgIpc) is 2.53. The fraction of sp³-hybridized carbons (Fsp3) is 0.412. The van der Waals surface area contributed by atoms with Crippen molar-refractivity contribution in [3.8, 4) is 5.75 Å². The van der Waals surface area contributed by atoms with Gasteiger partial charge in [-0.25, -0.2) is 0 Å². The Morgan fingerprint density at radius 2 is 1.95 bits per heavy atom. The fourth-order valence-corrected chi connectivity index (χ4v) is 2.84. The SMILES string of the molecule is COc1ccc2ccccc2c1CNC1CCOCC1. The van der Waals surface area contributed by atoms with Crippen LogP contribution in [0.5, 0.6) is 5.75 Å². The molecule has 1 heterocycles. The topological polar surface area (TPSA) is 30.5 Å². The number of rotatable bonds is 4. The van der Waals surface area contributed by atoms with Gasteiger partial charge in [-0.3, -0.25) is 0 Å². The number of nitrogens with one attached hydrogen (secondary N) is 1. The Morgan fingerprint density at radius 3 is 2.75 bits per heavy atom. The minimum atomic E-state index is 0.549. The smallest absolute Gasteiger partial charge is 0.123 e. The molecule has 0 aromatic heterocycles. The summed E-state index contributed by atoms with van der Waals surface area (Å²) in [4.78, 5) is 0. The van der Waals surface area contributed by atoms with E-state index in [1.807, 2.05) is 0 Å². The molecule has 0 radical (unpaired) electrons. The Bertz CT molecular complexity index is 576. The molecule has 3 heteroatoms. The number of hydrogen-bond acceptors (Lipinski definition) is 3. The molecule has 1 N–H and O–H groups in total. The van der Waals surface area contributed by atoms with Crippen molar-refractivity contribution in [1.29, 1.82) is 0 Å². The third kappa shape index (κ3) is 2.79. The predicted molar refractivity (Wildman–Crippen MR) is 81.2 cm³/mol. The highest BCUT2D eigenvalue weighted by Gasteiger charge is 2.15. The maximum atomic E-state index is 5.53. The second kappa shape index (κ2) is 6.25. The Balaban J connectivity index is 1.84. The van der Waals surface area contributed by atoms with Crippen LogP contribution < -0.4 is 10.1 Å². The van der Waals surface area contributed by atoms with E-state index in [0.717, 1.165) is 38.3 Å². The van der Waals surface area contributed by atoms with E-state index in [2.05, 4.69) is 41.7 Å². The van der Waals surface area contributed by atoms with Crippen LogP contribution in [0.3, 0.4) is 0 Å². The van der Waals surface area contributed by atoms with Gasteiger partial charge in [0.25, 0.3) is 0 Å². The van der Waals surface area contributed by atoms with E-state index in [1.165, 1.54) is 16.3 Å². The number of benzene rings is 2. The van der Waals surface area contributed by atoms with E-state index < -0.39 is 0 Å². The molecule has 0 bridgehead atoms. The van der Waals surface area contributed by atoms with E-state index in [1.54, 1.807) is 7.11 Å². The molecule has 0 spiro atoms. The van der Waals surface area contributed by atoms with Crippen LogP contribution in [0.15, 0.2) is 36.4 Å². The molecule has 0 atom stereocenters. The Hall–Kier alpha value is -1.58. The second-order valence-electron chi connectivity index (χ2n) is 5.24. The van der Waals surface area contributed by atoms with Gasteiger partial charge >= 0.3 is 0 Å². The molecule has 2 aromatic rings. The molecule has 1 aliphatic heterocycles. The summed E-state index contributed by atoms with van der Waals surface area (Å²) in [5.41, 5.74) is 1.25. The van der Waals surface area contributed by atoms with E-state index in [4.69, 9.17) is 9.47 Å². The average molecular weight is 271 g/mol. The van der Waals surface area contributed by atoms with Gasteiger partial charge in [-0.2, -0.15) is 0 Å². The van der Waals surface area contributed by atoms with Crippen LogP contribution in [0.2, 0.25) is 0 Å². The van der Waals surface area contributed by atoms with E-state index in [-0.39, 0.29) is 0 Å². The van der Waals surface area contributed by atoms with Crippen molar-refractivity contribution in [2.75, 3.05) is 20.3 Å². The monoisotopic (exact) mass is 271 g/mol. The summed E-state index contributed by atoms with van der Waals surface area (Å²) in [6, 6.07) is 13.2. The first kappa shape index (κ1) is 13.4. The number of methoxy groups -OCH3 is 1. The van der Waals surface area contributed by atoms with Crippen molar-refractivity contribution in [3.05, 3.63) is 42.0 Å². The van der Waals surface area contributed by atoms with Crippen LogP contribution in [0.25, 0.3) is 10.8 Å². The van der Waals surface area contributed by atoms with Crippen LogP contribution in [-0.4, -0.2) is 26.4 Å². The molecule has 0 aliphatic carbocycles. The molecule has 1 fully saturated rings.